The molecule has 3 N–H and O–H groups in total. The zero-order valence-electron chi connectivity index (χ0n) is 15.5. The van der Waals surface area contributed by atoms with Gasteiger partial charge in [-0.1, -0.05) is 18.2 Å². The lowest BCUT2D eigenvalue weighted by molar-refractivity contribution is -0.131. The second kappa shape index (κ2) is 9.91. The first kappa shape index (κ1) is 19.9. The molecule has 8 nitrogen and oxygen atoms in total. The number of hydrogen-bond donors (Lipinski definition) is 3. The average Bonchev–Trinajstić information content (AvgIpc) is 2.74. The number of carbonyl (C=O) groups excluding carboxylic acids is 2. The van der Waals surface area contributed by atoms with E-state index in [9.17, 15) is 14.7 Å². The Morgan fingerprint density at radius 3 is 2.71 bits per heavy atom. The first-order valence-electron chi connectivity index (χ1n) is 9.29. The van der Waals surface area contributed by atoms with Crippen LogP contribution in [0.4, 0.5) is 0 Å². The minimum absolute atomic E-state index is 0.146. The largest absolute Gasteiger partial charge is 0.394 e. The molecule has 148 valence electrons. The van der Waals surface area contributed by atoms with E-state index in [1.807, 2.05) is 6.07 Å². The van der Waals surface area contributed by atoms with E-state index in [2.05, 4.69) is 20.6 Å². The van der Waals surface area contributed by atoms with Crippen LogP contribution in [0.1, 0.15) is 35.3 Å². The zero-order valence-corrected chi connectivity index (χ0v) is 15.5. The van der Waals surface area contributed by atoms with Crippen LogP contribution >= 0.6 is 0 Å². The maximum Gasteiger partial charge on any atom is 0.251 e. The van der Waals surface area contributed by atoms with Crippen molar-refractivity contribution in [1.29, 1.82) is 0 Å². The van der Waals surface area contributed by atoms with E-state index in [4.69, 9.17) is 4.74 Å². The third-order valence-electron chi connectivity index (χ3n) is 4.67. The number of ether oxygens (including phenoxy) is 1. The highest BCUT2D eigenvalue weighted by molar-refractivity contribution is 5.94. The number of aliphatic hydroxyl groups is 1. The molecule has 1 aromatic carbocycles. The molecule has 0 radical (unpaired) electrons. The molecule has 1 fully saturated rings. The zero-order chi connectivity index (χ0) is 19.8. The Balaban J connectivity index is 1.47. The molecule has 1 saturated heterocycles. The quantitative estimate of drug-likeness (QED) is 0.651. The molecule has 2 amide bonds. The van der Waals surface area contributed by atoms with Crippen molar-refractivity contribution in [2.24, 2.45) is 0 Å². The van der Waals surface area contributed by atoms with E-state index in [0.717, 1.165) is 5.69 Å². The van der Waals surface area contributed by atoms with Crippen LogP contribution in [0.5, 0.6) is 0 Å². The van der Waals surface area contributed by atoms with Crippen molar-refractivity contribution in [2.45, 2.75) is 44.1 Å². The first-order chi connectivity index (χ1) is 13.7. The number of hydrogen-bond acceptors (Lipinski definition) is 6. The topological polar surface area (TPSA) is 113 Å². The summed E-state index contributed by atoms with van der Waals surface area (Å²) in [5, 5.41) is 15.4. The van der Waals surface area contributed by atoms with Crippen molar-refractivity contribution in [1.82, 2.24) is 20.6 Å². The highest BCUT2D eigenvalue weighted by atomic mass is 16.5. The van der Waals surface area contributed by atoms with Gasteiger partial charge in [0.1, 0.15) is 12.4 Å². The highest BCUT2D eigenvalue weighted by Gasteiger charge is 2.33. The predicted molar refractivity (Wildman–Crippen MR) is 101 cm³/mol. The summed E-state index contributed by atoms with van der Waals surface area (Å²) >= 11 is 0. The first-order valence-corrected chi connectivity index (χ1v) is 9.29. The summed E-state index contributed by atoms with van der Waals surface area (Å²) in [5.41, 5.74) is 1.29. The minimum Gasteiger partial charge on any atom is -0.394 e. The van der Waals surface area contributed by atoms with Crippen LogP contribution in [0.2, 0.25) is 0 Å². The maximum atomic E-state index is 12.3. The molecule has 3 atom stereocenters. The van der Waals surface area contributed by atoms with Crippen LogP contribution in [-0.2, 0) is 16.1 Å². The Kier molecular flexibility index (Phi) is 7.05. The highest BCUT2D eigenvalue weighted by Crippen LogP contribution is 2.22. The third kappa shape index (κ3) is 5.58. The molecular formula is C20H24N4O4. The van der Waals surface area contributed by atoms with Gasteiger partial charge in [0.05, 0.1) is 37.4 Å². The fraction of sp³-hybridized carbons (Fsp3) is 0.400. The molecule has 1 aromatic heterocycles. The molecule has 1 aliphatic rings. The lowest BCUT2D eigenvalue weighted by Gasteiger charge is -2.36. The van der Waals surface area contributed by atoms with Crippen LogP contribution in [0.3, 0.4) is 0 Å². The SMILES string of the molecule is O=C(C[C@H]1CC[C@H](NC(=O)c2ccccc2)[C@H](CO)O1)NCc1ccncn1. The molecule has 28 heavy (non-hydrogen) atoms. The standard InChI is InChI=1S/C20H24N4O4/c25-12-18-17(24-20(27)14-4-2-1-3-5-14)7-6-16(28-18)10-19(26)22-11-15-8-9-21-13-23-15/h1-5,8-9,13,16-18,25H,6-7,10-12H2,(H,22,26)(H,24,27)/t16-,17+,18+/m1/s1. The summed E-state index contributed by atoms with van der Waals surface area (Å²) in [4.78, 5) is 32.4. The lowest BCUT2D eigenvalue weighted by Crippen LogP contribution is -2.51. The monoisotopic (exact) mass is 384 g/mol. The van der Waals surface area contributed by atoms with Gasteiger partial charge in [-0.2, -0.15) is 0 Å². The van der Waals surface area contributed by atoms with Crippen LogP contribution in [0, 0.1) is 0 Å². The van der Waals surface area contributed by atoms with Crippen LogP contribution in [0.15, 0.2) is 48.9 Å². The number of carbonyl (C=O) groups is 2. The van der Waals surface area contributed by atoms with Gasteiger partial charge >= 0.3 is 0 Å². The van der Waals surface area contributed by atoms with Gasteiger partial charge in [-0.25, -0.2) is 9.97 Å². The molecule has 3 rings (SSSR count). The summed E-state index contributed by atoms with van der Waals surface area (Å²) in [6, 6.07) is 10.3. The van der Waals surface area contributed by atoms with Gasteiger partial charge in [-0.3, -0.25) is 9.59 Å². The molecule has 2 aromatic rings. The second-order valence-corrected chi connectivity index (χ2v) is 6.68. The Labute approximate surface area is 163 Å². The van der Waals surface area contributed by atoms with Crippen molar-refractivity contribution < 1.29 is 19.4 Å². The number of aliphatic hydroxyl groups excluding tert-OH is 1. The van der Waals surface area contributed by atoms with E-state index in [1.54, 1.807) is 36.5 Å². The number of nitrogens with one attached hydrogen (secondary N) is 2. The van der Waals surface area contributed by atoms with Crippen LogP contribution in [-0.4, -0.2) is 51.7 Å². The van der Waals surface area contributed by atoms with Gasteiger partial charge in [0.15, 0.2) is 0 Å². The van der Waals surface area contributed by atoms with E-state index in [0.29, 0.717) is 24.9 Å². The molecule has 0 unspecified atom stereocenters. The van der Waals surface area contributed by atoms with Crippen molar-refractivity contribution in [2.75, 3.05) is 6.61 Å². The summed E-state index contributed by atoms with van der Waals surface area (Å²) < 4.78 is 5.86. The molecule has 1 aliphatic heterocycles. The van der Waals surface area contributed by atoms with Crippen LogP contribution < -0.4 is 10.6 Å². The minimum atomic E-state index is -0.541. The van der Waals surface area contributed by atoms with Crippen molar-refractivity contribution in [3.8, 4) is 0 Å². The van der Waals surface area contributed by atoms with Gasteiger partial charge < -0.3 is 20.5 Å². The average molecular weight is 384 g/mol. The summed E-state index contributed by atoms with van der Waals surface area (Å²) in [5.74, 6) is -0.347. The number of aromatic nitrogens is 2. The van der Waals surface area contributed by atoms with Gasteiger partial charge in [0.2, 0.25) is 5.91 Å². The van der Waals surface area contributed by atoms with E-state index < -0.39 is 6.10 Å². The third-order valence-corrected chi connectivity index (χ3v) is 4.67. The molecule has 0 spiro atoms. The Morgan fingerprint density at radius 2 is 2.00 bits per heavy atom. The van der Waals surface area contributed by atoms with Gasteiger partial charge in [-0.15, -0.1) is 0 Å². The fourth-order valence-electron chi connectivity index (χ4n) is 3.18. The van der Waals surface area contributed by atoms with E-state index in [-0.39, 0.29) is 37.0 Å². The molecule has 0 bridgehead atoms. The number of amides is 2. The number of benzene rings is 1. The van der Waals surface area contributed by atoms with Gasteiger partial charge in [-0.05, 0) is 31.0 Å². The summed E-state index contributed by atoms with van der Waals surface area (Å²) in [7, 11) is 0. The summed E-state index contributed by atoms with van der Waals surface area (Å²) in [6.45, 7) is 0.103. The smallest absolute Gasteiger partial charge is 0.251 e. The number of rotatable bonds is 7. The molecular weight excluding hydrogens is 360 g/mol. The van der Waals surface area contributed by atoms with Gasteiger partial charge in [0.25, 0.3) is 5.91 Å². The Hall–Kier alpha value is -2.84. The van der Waals surface area contributed by atoms with Crippen molar-refractivity contribution in [3.05, 3.63) is 60.2 Å². The predicted octanol–water partition coefficient (Wildman–Crippen LogP) is 0.821. The van der Waals surface area contributed by atoms with Crippen molar-refractivity contribution in [3.63, 3.8) is 0 Å². The van der Waals surface area contributed by atoms with E-state index >= 15 is 0 Å². The Bertz CT molecular complexity index is 772. The molecule has 0 aliphatic carbocycles. The molecule has 2 heterocycles. The van der Waals surface area contributed by atoms with E-state index in [1.165, 1.54) is 6.33 Å². The molecule has 8 heteroatoms. The van der Waals surface area contributed by atoms with Gasteiger partial charge in [0, 0.05) is 11.8 Å². The second-order valence-electron chi connectivity index (χ2n) is 6.68. The Morgan fingerprint density at radius 1 is 1.18 bits per heavy atom. The fourth-order valence-corrected chi connectivity index (χ4v) is 3.18. The normalized spacial score (nSPS) is 21.7. The van der Waals surface area contributed by atoms with Crippen LogP contribution in [0.25, 0.3) is 0 Å². The number of nitrogens with zero attached hydrogens (tertiary/aromatic N) is 2. The molecule has 0 saturated carbocycles. The maximum absolute atomic E-state index is 12.3. The summed E-state index contributed by atoms with van der Waals surface area (Å²) in [6.07, 6.45) is 3.66. The lowest BCUT2D eigenvalue weighted by atomic mass is 9.96. The van der Waals surface area contributed by atoms with Crippen molar-refractivity contribution >= 4 is 11.8 Å².